The number of benzene rings is 1. The van der Waals surface area contributed by atoms with Gasteiger partial charge < -0.3 is 10.4 Å². The molecule has 5 nitrogen and oxygen atoms in total. The fourth-order valence-electron chi connectivity index (χ4n) is 2.65. The number of halogens is 3. The van der Waals surface area contributed by atoms with Crippen LogP contribution in [0.5, 0.6) is 0 Å². The Morgan fingerprint density at radius 1 is 1.11 bits per heavy atom. The van der Waals surface area contributed by atoms with Crippen molar-refractivity contribution in [3.63, 3.8) is 0 Å². The van der Waals surface area contributed by atoms with Crippen molar-refractivity contribution in [2.75, 3.05) is 5.32 Å². The third-order valence-corrected chi connectivity index (χ3v) is 4.10. The lowest BCUT2D eigenvalue weighted by molar-refractivity contribution is 0.169. The van der Waals surface area contributed by atoms with E-state index in [1.165, 1.54) is 0 Å². The lowest BCUT2D eigenvalue weighted by Crippen LogP contribution is -2.12. The number of rotatable bonds is 6. The molecule has 27 heavy (non-hydrogen) atoms. The Hall–Kier alpha value is -2.87. The number of nitrogens with one attached hydrogen (secondary N) is 1. The summed E-state index contributed by atoms with van der Waals surface area (Å²) in [6, 6.07) is 6.42. The summed E-state index contributed by atoms with van der Waals surface area (Å²) in [5, 5.41) is 17.1. The van der Waals surface area contributed by atoms with Gasteiger partial charge in [0.25, 0.3) is 0 Å². The van der Waals surface area contributed by atoms with Gasteiger partial charge in [0.1, 0.15) is 5.82 Å². The van der Waals surface area contributed by atoms with Gasteiger partial charge in [-0.3, -0.25) is 4.98 Å². The minimum Gasteiger partial charge on any atom is -0.393 e. The average molecular weight is 376 g/mol. The van der Waals surface area contributed by atoms with Crippen LogP contribution in [-0.4, -0.2) is 26.0 Å². The zero-order chi connectivity index (χ0) is 19.6. The maximum absolute atomic E-state index is 13.9. The molecule has 3 rings (SSSR count). The molecule has 1 aromatic carbocycles. The number of anilines is 2. The van der Waals surface area contributed by atoms with Crippen molar-refractivity contribution in [3.8, 4) is 5.69 Å². The van der Waals surface area contributed by atoms with Gasteiger partial charge in [-0.2, -0.15) is 0 Å². The summed E-state index contributed by atoms with van der Waals surface area (Å²) in [4.78, 5) is 4.14. The monoisotopic (exact) mass is 376 g/mol. The first-order valence-electron chi connectivity index (χ1n) is 8.49. The molecule has 142 valence electrons. The van der Waals surface area contributed by atoms with Gasteiger partial charge in [0.05, 0.1) is 17.5 Å². The van der Waals surface area contributed by atoms with Gasteiger partial charge in [0.15, 0.2) is 17.5 Å². The number of aromatic nitrogens is 3. The van der Waals surface area contributed by atoms with Crippen LogP contribution in [0.25, 0.3) is 5.69 Å². The predicted octanol–water partition coefficient (Wildman–Crippen LogP) is 4.05. The smallest absolute Gasteiger partial charge is 0.161 e. The summed E-state index contributed by atoms with van der Waals surface area (Å²) in [6.45, 7) is 3.70. The van der Waals surface area contributed by atoms with Crippen molar-refractivity contribution in [1.29, 1.82) is 0 Å². The number of hydrogen-bond acceptors (Lipinski definition) is 4. The van der Waals surface area contributed by atoms with E-state index in [4.69, 9.17) is 0 Å². The summed E-state index contributed by atoms with van der Waals surface area (Å²) in [6.07, 6.45) is 1.94. The fourth-order valence-corrected chi connectivity index (χ4v) is 2.65. The molecule has 2 N–H and O–H groups in total. The van der Waals surface area contributed by atoms with Crippen molar-refractivity contribution < 1.29 is 18.3 Å². The van der Waals surface area contributed by atoms with Crippen LogP contribution in [0.4, 0.5) is 24.7 Å². The summed E-state index contributed by atoms with van der Waals surface area (Å²) >= 11 is 0. The minimum atomic E-state index is -1.26. The van der Waals surface area contributed by atoms with E-state index in [1.54, 1.807) is 23.0 Å². The number of aliphatic hydroxyl groups is 1. The highest BCUT2D eigenvalue weighted by Crippen LogP contribution is 2.24. The predicted molar refractivity (Wildman–Crippen MR) is 95.7 cm³/mol. The SMILES string of the molecule is CC[C@H](O)Cc1cc(Nc2cc(F)c(F)cc2F)nn1-c1ccnc(C)c1. The van der Waals surface area contributed by atoms with Crippen LogP contribution in [0.2, 0.25) is 0 Å². The van der Waals surface area contributed by atoms with Crippen molar-refractivity contribution in [3.05, 3.63) is 65.4 Å². The van der Waals surface area contributed by atoms with Gasteiger partial charge in [0, 0.05) is 42.2 Å². The van der Waals surface area contributed by atoms with Crippen LogP contribution in [-0.2, 0) is 6.42 Å². The van der Waals surface area contributed by atoms with Crippen molar-refractivity contribution >= 4 is 11.5 Å². The fraction of sp³-hybridized carbons (Fsp3) is 0.263. The van der Waals surface area contributed by atoms with Gasteiger partial charge >= 0.3 is 0 Å². The molecule has 0 aliphatic rings. The topological polar surface area (TPSA) is 63.0 Å². The molecule has 0 amide bonds. The molecule has 8 heteroatoms. The van der Waals surface area contributed by atoms with Crippen LogP contribution in [0.3, 0.4) is 0 Å². The Morgan fingerprint density at radius 3 is 2.56 bits per heavy atom. The molecule has 0 bridgehead atoms. The first-order valence-corrected chi connectivity index (χ1v) is 8.49. The Balaban J connectivity index is 1.99. The van der Waals surface area contributed by atoms with Crippen molar-refractivity contribution in [1.82, 2.24) is 14.8 Å². The van der Waals surface area contributed by atoms with Crippen molar-refractivity contribution in [2.24, 2.45) is 0 Å². The van der Waals surface area contributed by atoms with Crippen LogP contribution < -0.4 is 5.32 Å². The van der Waals surface area contributed by atoms with Crippen LogP contribution in [0, 0.1) is 24.4 Å². The van der Waals surface area contributed by atoms with Gasteiger partial charge in [-0.05, 0) is 25.5 Å². The Kier molecular flexibility index (Phi) is 5.46. The van der Waals surface area contributed by atoms with Gasteiger partial charge in [-0.1, -0.05) is 6.92 Å². The Labute approximate surface area is 154 Å². The van der Waals surface area contributed by atoms with E-state index in [0.29, 0.717) is 24.6 Å². The highest BCUT2D eigenvalue weighted by Gasteiger charge is 2.16. The summed E-state index contributed by atoms with van der Waals surface area (Å²) < 4.78 is 42.1. The van der Waals surface area contributed by atoms with Gasteiger partial charge in [-0.25, -0.2) is 17.9 Å². The van der Waals surface area contributed by atoms with Crippen LogP contribution in [0.15, 0.2) is 36.5 Å². The van der Waals surface area contributed by atoms with E-state index in [0.717, 1.165) is 17.4 Å². The van der Waals surface area contributed by atoms with Gasteiger partial charge in [-0.15, -0.1) is 5.10 Å². The Morgan fingerprint density at radius 2 is 1.85 bits per heavy atom. The molecule has 0 saturated carbocycles. The number of hydrogen-bond donors (Lipinski definition) is 2. The zero-order valence-electron chi connectivity index (χ0n) is 14.9. The highest BCUT2D eigenvalue weighted by atomic mass is 19.2. The molecule has 2 heterocycles. The summed E-state index contributed by atoms with van der Waals surface area (Å²) in [7, 11) is 0. The third kappa shape index (κ3) is 4.28. The maximum atomic E-state index is 13.9. The number of pyridine rings is 1. The number of nitrogens with zero attached hydrogens (tertiary/aromatic N) is 3. The average Bonchev–Trinajstić information content (AvgIpc) is 3.02. The molecular formula is C19H19F3N4O. The normalized spacial score (nSPS) is 12.2. The van der Waals surface area contributed by atoms with Crippen LogP contribution >= 0.6 is 0 Å². The molecule has 0 aliphatic carbocycles. The lowest BCUT2D eigenvalue weighted by Gasteiger charge is -2.10. The largest absolute Gasteiger partial charge is 0.393 e. The number of aliphatic hydroxyl groups excluding tert-OH is 1. The first-order chi connectivity index (χ1) is 12.9. The molecule has 2 aromatic heterocycles. The highest BCUT2D eigenvalue weighted by molar-refractivity contribution is 5.58. The molecule has 0 unspecified atom stereocenters. The van der Waals surface area contributed by atoms with E-state index >= 15 is 0 Å². The first kappa shape index (κ1) is 18.9. The number of aryl methyl sites for hydroxylation is 1. The zero-order valence-corrected chi connectivity index (χ0v) is 14.9. The van der Waals surface area contributed by atoms with E-state index in [2.05, 4.69) is 15.4 Å². The quantitative estimate of drug-likeness (QED) is 0.637. The molecule has 0 fully saturated rings. The second-order valence-electron chi connectivity index (χ2n) is 6.23. The molecule has 0 spiro atoms. The maximum Gasteiger partial charge on any atom is 0.161 e. The minimum absolute atomic E-state index is 0.230. The molecule has 0 saturated heterocycles. The van der Waals surface area contributed by atoms with Crippen molar-refractivity contribution in [2.45, 2.75) is 32.8 Å². The van der Waals surface area contributed by atoms with E-state index in [1.807, 2.05) is 19.9 Å². The van der Waals surface area contributed by atoms with E-state index < -0.39 is 23.6 Å². The van der Waals surface area contributed by atoms with Gasteiger partial charge in [0.2, 0.25) is 0 Å². The van der Waals surface area contributed by atoms with E-state index in [9.17, 15) is 18.3 Å². The summed E-state index contributed by atoms with van der Waals surface area (Å²) in [5.74, 6) is -3.11. The lowest BCUT2D eigenvalue weighted by atomic mass is 10.1. The molecule has 1 atom stereocenters. The molecule has 0 radical (unpaired) electrons. The second-order valence-corrected chi connectivity index (χ2v) is 6.23. The summed E-state index contributed by atoms with van der Waals surface area (Å²) in [5.41, 5.74) is 1.96. The third-order valence-electron chi connectivity index (χ3n) is 4.10. The second kappa shape index (κ2) is 7.79. The molecule has 0 aliphatic heterocycles. The molecule has 3 aromatic rings. The standard InChI is InChI=1S/C19H19F3N4O/c1-3-14(27)7-13-8-19(24-18-10-16(21)15(20)9-17(18)22)25-26(13)12-4-5-23-11(2)6-12/h4-6,8-10,14,27H,3,7H2,1-2H3,(H,24,25)/t14-/m0/s1. The molecular weight excluding hydrogens is 357 g/mol. The van der Waals surface area contributed by atoms with Crippen LogP contribution in [0.1, 0.15) is 24.7 Å². The Bertz CT molecular complexity index is 958. The van der Waals surface area contributed by atoms with E-state index in [-0.39, 0.29) is 11.5 Å².